The molecule has 5 nitrogen and oxygen atoms in total. The van der Waals surface area contributed by atoms with Gasteiger partial charge in [0.05, 0.1) is 18.3 Å². The molecule has 3 rings (SSSR count). The van der Waals surface area contributed by atoms with Crippen molar-refractivity contribution in [2.24, 2.45) is 11.8 Å². The van der Waals surface area contributed by atoms with Crippen molar-refractivity contribution in [2.75, 3.05) is 6.54 Å². The van der Waals surface area contributed by atoms with E-state index in [2.05, 4.69) is 24.3 Å². The summed E-state index contributed by atoms with van der Waals surface area (Å²) in [6, 6.07) is 10.2. The molecule has 1 saturated carbocycles. The van der Waals surface area contributed by atoms with E-state index >= 15 is 0 Å². The summed E-state index contributed by atoms with van der Waals surface area (Å²) in [5.41, 5.74) is 1.19. The van der Waals surface area contributed by atoms with Crippen LogP contribution in [-0.2, 0) is 11.2 Å². The molecule has 6 atom stereocenters. The lowest BCUT2D eigenvalue weighted by Gasteiger charge is -2.19. The Balaban J connectivity index is 1.44. The van der Waals surface area contributed by atoms with Crippen LogP contribution in [0, 0.1) is 11.8 Å². The van der Waals surface area contributed by atoms with Gasteiger partial charge in [-0.15, -0.1) is 0 Å². The fraction of sp³-hybridized carbons (Fsp3) is 0.560. The molecule has 1 aliphatic carbocycles. The molecule has 1 aromatic rings. The van der Waals surface area contributed by atoms with Gasteiger partial charge in [0.25, 0.3) is 0 Å². The zero-order valence-electron chi connectivity index (χ0n) is 17.8. The van der Waals surface area contributed by atoms with Crippen LogP contribution in [0.2, 0.25) is 0 Å². The first kappa shape index (κ1) is 22.7. The largest absolute Gasteiger partial charge is 0.393 e. The van der Waals surface area contributed by atoms with Crippen molar-refractivity contribution < 1.29 is 20.1 Å². The second kappa shape index (κ2) is 10.9. The molecular formula is C25H35NO4. The molecule has 1 saturated heterocycles. The first-order valence-corrected chi connectivity index (χ1v) is 11.2. The lowest BCUT2D eigenvalue weighted by atomic mass is 9.89. The van der Waals surface area contributed by atoms with Crippen molar-refractivity contribution in [1.29, 1.82) is 0 Å². The Hall–Kier alpha value is -1.95. The van der Waals surface area contributed by atoms with Gasteiger partial charge in [0.2, 0.25) is 5.91 Å². The minimum atomic E-state index is -0.585. The number of nitrogens with zero attached hydrogens (tertiary/aromatic N) is 1. The van der Waals surface area contributed by atoms with Crippen LogP contribution in [0.5, 0.6) is 0 Å². The summed E-state index contributed by atoms with van der Waals surface area (Å²) in [7, 11) is 0. The Labute approximate surface area is 179 Å². The van der Waals surface area contributed by atoms with Crippen LogP contribution in [0.3, 0.4) is 0 Å². The van der Waals surface area contributed by atoms with Gasteiger partial charge in [0.15, 0.2) is 0 Å². The van der Waals surface area contributed by atoms with Gasteiger partial charge in [-0.05, 0) is 50.5 Å². The van der Waals surface area contributed by atoms with Crippen LogP contribution in [0.25, 0.3) is 0 Å². The summed E-state index contributed by atoms with van der Waals surface area (Å²) in [6.07, 6.45) is 10.3. The topological polar surface area (TPSA) is 80.8 Å². The molecule has 0 aromatic heterocycles. The molecule has 2 aliphatic rings. The maximum Gasteiger partial charge on any atom is 0.246 e. The number of amides is 1. The molecule has 164 valence electrons. The van der Waals surface area contributed by atoms with Crippen molar-refractivity contribution in [3.63, 3.8) is 0 Å². The van der Waals surface area contributed by atoms with Gasteiger partial charge in [-0.2, -0.15) is 0 Å². The summed E-state index contributed by atoms with van der Waals surface area (Å²) < 4.78 is 0. The fourth-order valence-corrected chi connectivity index (χ4v) is 4.56. The number of aliphatic hydroxyl groups excluding tert-OH is 3. The minimum Gasteiger partial charge on any atom is -0.393 e. The molecule has 1 aromatic carbocycles. The van der Waals surface area contributed by atoms with E-state index in [0.29, 0.717) is 19.3 Å². The number of aryl methyl sites for hydroxylation is 1. The van der Waals surface area contributed by atoms with Crippen molar-refractivity contribution in [3.05, 3.63) is 60.2 Å². The first-order chi connectivity index (χ1) is 14.5. The van der Waals surface area contributed by atoms with Gasteiger partial charge < -0.3 is 20.2 Å². The number of benzene rings is 1. The number of carbonyl (C=O) groups excluding carboxylic acids is 1. The highest BCUT2D eigenvalue weighted by Crippen LogP contribution is 2.36. The monoisotopic (exact) mass is 413 g/mol. The number of hydrogen-bond donors (Lipinski definition) is 3. The number of carbonyl (C=O) groups is 1. The molecule has 0 spiro atoms. The molecule has 0 radical (unpaired) electrons. The van der Waals surface area contributed by atoms with Crippen molar-refractivity contribution in [3.8, 4) is 0 Å². The molecule has 3 N–H and O–H groups in total. The molecule has 5 heteroatoms. The predicted molar refractivity (Wildman–Crippen MR) is 118 cm³/mol. The van der Waals surface area contributed by atoms with E-state index in [1.807, 2.05) is 36.1 Å². The molecule has 1 amide bonds. The normalized spacial score (nSPS) is 29.9. The highest BCUT2D eigenvalue weighted by atomic mass is 16.3. The second-order valence-corrected chi connectivity index (χ2v) is 8.51. The Morgan fingerprint density at radius 2 is 1.93 bits per heavy atom. The molecule has 1 heterocycles. The zero-order chi connectivity index (χ0) is 21.5. The number of allylic oxidation sites excluding steroid dienone is 2. The van der Waals surface area contributed by atoms with Crippen molar-refractivity contribution in [1.82, 2.24) is 4.90 Å². The third-order valence-corrected chi connectivity index (χ3v) is 6.44. The van der Waals surface area contributed by atoms with Gasteiger partial charge in [0, 0.05) is 18.9 Å². The van der Waals surface area contributed by atoms with Gasteiger partial charge >= 0.3 is 0 Å². The summed E-state index contributed by atoms with van der Waals surface area (Å²) in [6.45, 7) is 2.78. The standard InChI is InChI=1S/C25H35NO4/c1-2-26-22(25(26)30)12-8-4-7-11-20-21(24(29)17-23(20)28)16-15-19(27)14-13-18-9-5-3-6-10-18/h3-7,9-10,15-16,19-24,27-29H,2,8,11-14,17H2,1H3/b7-4-,16-15+/t19-,20+,21+,22?,23-,24+,26?/m0/s1. The van der Waals surface area contributed by atoms with Gasteiger partial charge in [-0.3, -0.25) is 4.79 Å². The van der Waals surface area contributed by atoms with E-state index in [1.165, 1.54) is 5.56 Å². The summed E-state index contributed by atoms with van der Waals surface area (Å²) in [5.74, 6) is 0.0383. The third kappa shape index (κ3) is 6.03. The Morgan fingerprint density at radius 3 is 2.63 bits per heavy atom. The molecule has 30 heavy (non-hydrogen) atoms. The van der Waals surface area contributed by atoms with Gasteiger partial charge in [-0.25, -0.2) is 0 Å². The summed E-state index contributed by atoms with van der Waals surface area (Å²) in [4.78, 5) is 13.4. The fourth-order valence-electron chi connectivity index (χ4n) is 4.56. The Morgan fingerprint density at radius 1 is 1.17 bits per heavy atom. The van der Waals surface area contributed by atoms with E-state index in [0.717, 1.165) is 25.8 Å². The third-order valence-electron chi connectivity index (χ3n) is 6.44. The predicted octanol–water partition coefficient (Wildman–Crippen LogP) is 2.85. The molecule has 2 fully saturated rings. The number of aliphatic hydroxyl groups is 3. The SMILES string of the molecule is CCN1C(=O)C1CC/C=C\C[C@@H]1[C@@H](/C=C/[C@@H](O)CCc2ccccc2)[C@H](O)C[C@@H]1O. The zero-order valence-corrected chi connectivity index (χ0v) is 17.8. The lowest BCUT2D eigenvalue weighted by Crippen LogP contribution is -2.20. The van der Waals surface area contributed by atoms with Crippen LogP contribution < -0.4 is 0 Å². The molecular weight excluding hydrogens is 378 g/mol. The van der Waals surface area contributed by atoms with Crippen LogP contribution in [0.4, 0.5) is 0 Å². The van der Waals surface area contributed by atoms with Crippen LogP contribution in [0.15, 0.2) is 54.6 Å². The van der Waals surface area contributed by atoms with E-state index in [-0.39, 0.29) is 23.8 Å². The summed E-state index contributed by atoms with van der Waals surface area (Å²) >= 11 is 0. The Kier molecular flexibility index (Phi) is 8.25. The highest BCUT2D eigenvalue weighted by molar-refractivity contribution is 5.96. The maximum absolute atomic E-state index is 11.5. The maximum atomic E-state index is 11.5. The Bertz CT molecular complexity index is 732. The number of rotatable bonds is 11. The van der Waals surface area contributed by atoms with Gasteiger partial charge in [-0.1, -0.05) is 54.6 Å². The molecule has 1 unspecified atom stereocenters. The second-order valence-electron chi connectivity index (χ2n) is 8.51. The summed E-state index contributed by atoms with van der Waals surface area (Å²) in [5, 5.41) is 31.0. The average molecular weight is 414 g/mol. The van der Waals surface area contributed by atoms with Gasteiger partial charge in [0.1, 0.15) is 6.04 Å². The minimum absolute atomic E-state index is 0.0523. The molecule has 0 bridgehead atoms. The van der Waals surface area contributed by atoms with E-state index < -0.39 is 18.3 Å². The van der Waals surface area contributed by atoms with E-state index in [4.69, 9.17) is 0 Å². The quantitative estimate of drug-likeness (QED) is 0.385. The average Bonchev–Trinajstić information content (AvgIpc) is 3.29. The highest BCUT2D eigenvalue weighted by Gasteiger charge is 2.43. The number of likely N-dealkylation sites (N-methyl/N-ethyl adjacent to an activating group) is 1. The van der Waals surface area contributed by atoms with Crippen LogP contribution in [-0.4, -0.2) is 57.0 Å². The number of hydrogen-bond acceptors (Lipinski definition) is 4. The van der Waals surface area contributed by atoms with Crippen molar-refractivity contribution >= 4 is 5.91 Å². The molecule has 1 aliphatic heterocycles. The van der Waals surface area contributed by atoms with Crippen LogP contribution in [0.1, 0.15) is 44.6 Å². The lowest BCUT2D eigenvalue weighted by molar-refractivity contribution is -0.113. The van der Waals surface area contributed by atoms with Crippen LogP contribution >= 0.6 is 0 Å². The first-order valence-electron chi connectivity index (χ1n) is 11.2. The van der Waals surface area contributed by atoms with E-state index in [1.54, 1.807) is 6.08 Å². The van der Waals surface area contributed by atoms with Crippen molar-refractivity contribution in [2.45, 2.75) is 69.8 Å². The smallest absolute Gasteiger partial charge is 0.246 e. The van der Waals surface area contributed by atoms with E-state index in [9.17, 15) is 20.1 Å².